The number of halogens is 1. The van der Waals surface area contributed by atoms with Crippen molar-refractivity contribution in [2.75, 3.05) is 5.73 Å². The Morgan fingerprint density at radius 3 is 2.89 bits per heavy atom. The van der Waals surface area contributed by atoms with Crippen molar-refractivity contribution in [2.45, 2.75) is 6.92 Å². The first-order valence-corrected chi connectivity index (χ1v) is 6.08. The smallest absolute Gasteiger partial charge is 0.259 e. The van der Waals surface area contributed by atoms with Gasteiger partial charge in [0, 0.05) is 5.69 Å². The molecule has 1 aromatic heterocycles. The number of nitrogen functional groups attached to an aromatic ring is 1. The number of rotatable bonds is 3. The number of allylic oxidation sites excluding steroid dienone is 3. The van der Waals surface area contributed by atoms with Gasteiger partial charge in [0.15, 0.2) is 5.82 Å². The Balaban J connectivity index is 2.38. The van der Waals surface area contributed by atoms with Gasteiger partial charge in [0.05, 0.1) is 10.6 Å². The van der Waals surface area contributed by atoms with Crippen LogP contribution in [0.4, 0.5) is 5.69 Å². The van der Waals surface area contributed by atoms with Gasteiger partial charge in [-0.1, -0.05) is 28.3 Å². The van der Waals surface area contributed by atoms with E-state index in [1.54, 1.807) is 18.2 Å². The van der Waals surface area contributed by atoms with Gasteiger partial charge in [0.25, 0.3) is 5.89 Å². The molecule has 19 heavy (non-hydrogen) atoms. The highest BCUT2D eigenvalue weighted by molar-refractivity contribution is 6.33. The number of hydrogen-bond acceptors (Lipinski definition) is 4. The Hall–Kier alpha value is -2.01. The second-order valence-electron chi connectivity index (χ2n) is 4.34. The van der Waals surface area contributed by atoms with E-state index in [-0.39, 0.29) is 0 Å². The summed E-state index contributed by atoms with van der Waals surface area (Å²) in [7, 11) is 1.90. The van der Waals surface area contributed by atoms with E-state index in [0.717, 1.165) is 11.0 Å². The summed E-state index contributed by atoms with van der Waals surface area (Å²) in [4.78, 5) is 4.31. The van der Waals surface area contributed by atoms with Crippen molar-refractivity contribution >= 4 is 30.7 Å². The number of nitrogens with zero attached hydrogens (tertiary/aromatic N) is 2. The molecule has 4 nitrogen and oxygen atoms in total. The lowest BCUT2D eigenvalue weighted by Crippen LogP contribution is -1.87. The molecule has 0 aliphatic rings. The number of nitrogens with two attached hydrogens (primary N) is 1. The molecule has 0 spiro atoms. The van der Waals surface area contributed by atoms with Crippen molar-refractivity contribution in [3.63, 3.8) is 0 Å². The average Bonchev–Trinajstić information content (AvgIpc) is 2.77. The van der Waals surface area contributed by atoms with Gasteiger partial charge in [-0.3, -0.25) is 0 Å². The summed E-state index contributed by atoms with van der Waals surface area (Å²) in [5.41, 5.74) is 8.71. The van der Waals surface area contributed by atoms with Gasteiger partial charge >= 0.3 is 0 Å². The third kappa shape index (κ3) is 3.06. The Labute approximate surface area is 117 Å². The Bertz CT molecular complexity index is 664. The van der Waals surface area contributed by atoms with Gasteiger partial charge in [-0.05, 0) is 30.7 Å². The zero-order valence-corrected chi connectivity index (χ0v) is 11.5. The lowest BCUT2D eigenvalue weighted by atomic mass is 9.96. The highest BCUT2D eigenvalue weighted by atomic mass is 35.5. The van der Waals surface area contributed by atoms with Crippen LogP contribution in [0.25, 0.3) is 17.0 Å². The lowest BCUT2D eigenvalue weighted by molar-refractivity contribution is 0.428. The van der Waals surface area contributed by atoms with E-state index in [1.165, 1.54) is 0 Å². The van der Waals surface area contributed by atoms with E-state index >= 15 is 0 Å². The summed E-state index contributed by atoms with van der Waals surface area (Å²) in [6, 6.07) is 5.14. The van der Waals surface area contributed by atoms with Gasteiger partial charge in [0.2, 0.25) is 0 Å². The zero-order valence-electron chi connectivity index (χ0n) is 10.8. The summed E-state index contributed by atoms with van der Waals surface area (Å²) in [6.45, 7) is 5.71. The fraction of sp³-hybridized carbons (Fsp3) is 0.0769. The van der Waals surface area contributed by atoms with Crippen LogP contribution in [-0.2, 0) is 0 Å². The highest BCUT2D eigenvalue weighted by Gasteiger charge is 2.13. The van der Waals surface area contributed by atoms with Gasteiger partial charge in [-0.15, -0.1) is 6.58 Å². The molecule has 2 N–H and O–H groups in total. The minimum absolute atomic E-state index is 0.370. The van der Waals surface area contributed by atoms with Crippen molar-refractivity contribution in [3.8, 4) is 11.5 Å². The first kappa shape index (κ1) is 13.4. The fourth-order valence-electron chi connectivity index (χ4n) is 1.63. The van der Waals surface area contributed by atoms with Crippen LogP contribution < -0.4 is 5.73 Å². The highest BCUT2D eigenvalue weighted by Crippen LogP contribution is 2.29. The molecule has 1 aromatic carbocycles. The first-order valence-electron chi connectivity index (χ1n) is 5.70. The largest absolute Gasteiger partial charge is 0.399 e. The summed E-state index contributed by atoms with van der Waals surface area (Å²) in [6.07, 6.45) is 1.89. The maximum Gasteiger partial charge on any atom is 0.259 e. The molecule has 2 aromatic rings. The molecule has 0 aliphatic heterocycles. The molecular weight excluding hydrogens is 260 g/mol. The van der Waals surface area contributed by atoms with Crippen molar-refractivity contribution in [3.05, 3.63) is 47.2 Å². The van der Waals surface area contributed by atoms with Crippen LogP contribution in [0.5, 0.6) is 0 Å². The van der Waals surface area contributed by atoms with Crippen LogP contribution in [0.2, 0.25) is 5.02 Å². The molecule has 1 heterocycles. The topological polar surface area (TPSA) is 64.9 Å². The van der Waals surface area contributed by atoms with E-state index in [9.17, 15) is 0 Å². The van der Waals surface area contributed by atoms with Crippen LogP contribution in [0.3, 0.4) is 0 Å². The van der Waals surface area contributed by atoms with Crippen LogP contribution in [0.15, 0.2) is 40.8 Å². The van der Waals surface area contributed by atoms with Crippen LogP contribution in [0.1, 0.15) is 12.7 Å². The second kappa shape index (κ2) is 5.32. The van der Waals surface area contributed by atoms with Crippen LogP contribution in [0, 0.1) is 0 Å². The van der Waals surface area contributed by atoms with Gasteiger partial charge < -0.3 is 10.3 Å². The molecule has 0 radical (unpaired) electrons. The van der Waals surface area contributed by atoms with Crippen molar-refractivity contribution in [2.24, 2.45) is 0 Å². The third-order valence-corrected chi connectivity index (χ3v) is 2.78. The Morgan fingerprint density at radius 1 is 1.53 bits per heavy atom. The predicted octanol–water partition coefficient (Wildman–Crippen LogP) is 2.52. The second-order valence-corrected chi connectivity index (χ2v) is 4.74. The van der Waals surface area contributed by atoms with E-state index in [2.05, 4.69) is 16.7 Å². The minimum atomic E-state index is 0.370. The summed E-state index contributed by atoms with van der Waals surface area (Å²) in [5.74, 6) is 0.889. The van der Waals surface area contributed by atoms with E-state index in [0.29, 0.717) is 28.0 Å². The molecule has 0 saturated carbocycles. The first-order chi connectivity index (χ1) is 8.97. The van der Waals surface area contributed by atoms with Gasteiger partial charge in [0.1, 0.15) is 7.85 Å². The molecule has 0 fully saturated rings. The molecule has 0 saturated heterocycles. The Morgan fingerprint density at radius 2 is 2.26 bits per heavy atom. The number of hydrogen-bond donors (Lipinski definition) is 1. The third-order valence-electron chi connectivity index (χ3n) is 2.47. The van der Waals surface area contributed by atoms with E-state index < -0.39 is 0 Å². The van der Waals surface area contributed by atoms with Crippen LogP contribution >= 0.6 is 11.6 Å². The fourth-order valence-corrected chi connectivity index (χ4v) is 1.90. The molecule has 0 amide bonds. The molecule has 96 valence electrons. The molecule has 0 unspecified atom stereocenters. The summed E-state index contributed by atoms with van der Waals surface area (Å²) in [5, 5.41) is 4.41. The zero-order chi connectivity index (χ0) is 14.0. The summed E-state index contributed by atoms with van der Waals surface area (Å²) < 4.78 is 5.22. The van der Waals surface area contributed by atoms with Crippen LogP contribution in [-0.4, -0.2) is 18.0 Å². The number of anilines is 1. The SMILES string of the molecule is BC(=C)/C=C(\C)c1noc(-c2ccc(N)cc2Cl)n1. The molecular formula is C13H13BClN3O. The Kier molecular flexibility index (Phi) is 3.76. The normalized spacial score (nSPS) is 11.6. The van der Waals surface area contributed by atoms with Gasteiger partial charge in [-0.2, -0.15) is 4.98 Å². The predicted molar refractivity (Wildman–Crippen MR) is 80.5 cm³/mol. The number of benzene rings is 1. The average molecular weight is 274 g/mol. The van der Waals surface area contributed by atoms with E-state index in [1.807, 2.05) is 20.8 Å². The molecule has 0 bridgehead atoms. The number of aromatic nitrogens is 2. The van der Waals surface area contributed by atoms with Crippen molar-refractivity contribution in [1.29, 1.82) is 0 Å². The maximum atomic E-state index is 6.10. The quantitative estimate of drug-likeness (QED) is 0.530. The van der Waals surface area contributed by atoms with E-state index in [4.69, 9.17) is 21.9 Å². The van der Waals surface area contributed by atoms with Gasteiger partial charge in [-0.25, -0.2) is 0 Å². The molecule has 6 heteroatoms. The standard InChI is InChI=1S/C13H13BClN3O/c1-7(5-8(2)14)12-17-13(19-18-12)10-4-3-9(16)6-11(10)15/h3-6H,2,14,16H2,1H3/b7-5+. The monoisotopic (exact) mass is 273 g/mol. The minimum Gasteiger partial charge on any atom is -0.399 e. The molecule has 0 aliphatic carbocycles. The maximum absolute atomic E-state index is 6.10. The van der Waals surface area contributed by atoms with Crippen molar-refractivity contribution < 1.29 is 4.52 Å². The molecule has 2 rings (SSSR count). The molecule has 0 atom stereocenters. The summed E-state index contributed by atoms with van der Waals surface area (Å²) >= 11 is 6.10. The van der Waals surface area contributed by atoms with Crippen molar-refractivity contribution in [1.82, 2.24) is 10.1 Å². The lowest BCUT2D eigenvalue weighted by Gasteiger charge is -1.99.